The Balaban J connectivity index is 1.74. The standard InChI is InChI=1S/C34H52N6O7/c1-22(2)16-28-32(44)39-31(24(5)41)33(45)36-12-6-7-14-40(19-26-20-47-34(37-26)23(3)4)15-9-13-35-30(43)21-46-27-11-8-10-25(17-27)18-29(42)38-28/h8,10-11,17,20,22-24,28,31,41H,6-7,9,12-16,18-19,21H2,1-5H3,(H,35,43)(H,36,45)(H,38,42)(H,39,44)/t24-,28-,31+/m1/s1. The quantitative estimate of drug-likeness (QED) is 0.312. The Morgan fingerprint density at radius 1 is 0.936 bits per heavy atom. The molecule has 1 aromatic carbocycles. The Bertz CT molecular complexity index is 1310. The van der Waals surface area contributed by atoms with Gasteiger partial charge in [-0.05, 0) is 62.8 Å². The number of aliphatic hydroxyl groups excluding tert-OH is 1. The summed E-state index contributed by atoms with van der Waals surface area (Å²) in [4.78, 5) is 58.7. The number of rotatable bonds is 6. The van der Waals surface area contributed by atoms with Gasteiger partial charge >= 0.3 is 0 Å². The van der Waals surface area contributed by atoms with Crippen LogP contribution in [0.15, 0.2) is 34.9 Å². The van der Waals surface area contributed by atoms with Crippen LogP contribution < -0.4 is 26.0 Å². The normalized spacial score (nSPS) is 21.2. The molecule has 2 aromatic rings. The second-order valence-electron chi connectivity index (χ2n) is 12.9. The molecule has 260 valence electrons. The van der Waals surface area contributed by atoms with E-state index >= 15 is 0 Å². The summed E-state index contributed by atoms with van der Waals surface area (Å²) in [7, 11) is 0. The average molecular weight is 657 g/mol. The van der Waals surface area contributed by atoms with E-state index in [4.69, 9.17) is 9.15 Å². The molecule has 3 rings (SSSR count). The summed E-state index contributed by atoms with van der Waals surface area (Å²) in [6.45, 7) is 12.0. The number of ether oxygens (including phenoxy) is 1. The van der Waals surface area contributed by atoms with Crippen molar-refractivity contribution in [3.63, 3.8) is 0 Å². The number of nitrogens with zero attached hydrogens (tertiary/aromatic N) is 2. The molecule has 0 fully saturated rings. The summed E-state index contributed by atoms with van der Waals surface area (Å²) in [5.74, 6) is -0.294. The van der Waals surface area contributed by atoms with Gasteiger partial charge in [-0.15, -0.1) is 0 Å². The molecule has 3 atom stereocenters. The van der Waals surface area contributed by atoms with Crippen molar-refractivity contribution in [1.82, 2.24) is 31.2 Å². The van der Waals surface area contributed by atoms with Crippen molar-refractivity contribution in [2.75, 3.05) is 32.8 Å². The van der Waals surface area contributed by atoms with Gasteiger partial charge in [-0.25, -0.2) is 4.98 Å². The molecule has 2 heterocycles. The SMILES string of the molecule is CC(C)C[C@H]1NC(=O)Cc2cccc(c2)OCC(=O)NCCCN(Cc2coc(C(C)C)n2)CCCCNC(=O)[C@H]([C@@H](C)O)NC1=O. The maximum absolute atomic E-state index is 13.3. The van der Waals surface area contributed by atoms with Gasteiger partial charge in [-0.2, -0.15) is 0 Å². The molecular formula is C34H52N6O7. The molecule has 0 spiro atoms. The molecule has 1 aliphatic rings. The van der Waals surface area contributed by atoms with Crippen molar-refractivity contribution in [3.8, 4) is 5.75 Å². The first-order valence-corrected chi connectivity index (χ1v) is 16.6. The number of benzene rings is 1. The molecule has 5 N–H and O–H groups in total. The van der Waals surface area contributed by atoms with Crippen LogP contribution in [0.1, 0.15) is 83.4 Å². The minimum Gasteiger partial charge on any atom is -0.484 e. The maximum Gasteiger partial charge on any atom is 0.257 e. The number of carbonyl (C=O) groups is 4. The van der Waals surface area contributed by atoms with Crippen molar-refractivity contribution in [3.05, 3.63) is 47.7 Å². The van der Waals surface area contributed by atoms with E-state index in [-0.39, 0.29) is 36.7 Å². The Hall–Kier alpha value is -3.97. The van der Waals surface area contributed by atoms with Gasteiger partial charge in [0, 0.05) is 32.1 Å². The predicted molar refractivity (Wildman–Crippen MR) is 176 cm³/mol. The van der Waals surface area contributed by atoms with E-state index in [0.717, 1.165) is 18.7 Å². The lowest BCUT2D eigenvalue weighted by Crippen LogP contribution is -2.57. The van der Waals surface area contributed by atoms with Crippen LogP contribution in [0.5, 0.6) is 5.75 Å². The van der Waals surface area contributed by atoms with Gasteiger partial charge < -0.3 is 35.5 Å². The Labute approximate surface area is 277 Å². The first-order chi connectivity index (χ1) is 22.4. The van der Waals surface area contributed by atoms with Crippen LogP contribution in [0.2, 0.25) is 0 Å². The van der Waals surface area contributed by atoms with Crippen LogP contribution in [0.3, 0.4) is 0 Å². The van der Waals surface area contributed by atoms with Crippen LogP contribution in [0.4, 0.5) is 0 Å². The zero-order valence-corrected chi connectivity index (χ0v) is 28.3. The topological polar surface area (TPSA) is 175 Å². The van der Waals surface area contributed by atoms with E-state index in [2.05, 4.69) is 31.2 Å². The van der Waals surface area contributed by atoms with Gasteiger partial charge in [0.15, 0.2) is 12.5 Å². The Kier molecular flexibility index (Phi) is 15.2. The molecule has 0 saturated heterocycles. The number of oxazole rings is 1. The van der Waals surface area contributed by atoms with Crippen LogP contribution in [-0.2, 0) is 32.1 Å². The predicted octanol–water partition coefficient (Wildman–Crippen LogP) is 2.03. The van der Waals surface area contributed by atoms with Crippen molar-refractivity contribution in [1.29, 1.82) is 0 Å². The highest BCUT2D eigenvalue weighted by Crippen LogP contribution is 2.16. The number of aliphatic hydroxyl groups is 1. The Morgan fingerprint density at radius 3 is 2.38 bits per heavy atom. The van der Waals surface area contributed by atoms with E-state index in [1.54, 1.807) is 30.5 Å². The number of nitrogens with one attached hydrogen (secondary N) is 4. The summed E-state index contributed by atoms with van der Waals surface area (Å²) in [6, 6.07) is 4.80. The molecule has 2 bridgehead atoms. The number of fused-ring (bicyclic) bond motifs is 2. The Morgan fingerprint density at radius 2 is 1.68 bits per heavy atom. The van der Waals surface area contributed by atoms with Crippen molar-refractivity contribution in [2.45, 2.75) is 97.4 Å². The van der Waals surface area contributed by atoms with Crippen LogP contribution in [0, 0.1) is 5.92 Å². The van der Waals surface area contributed by atoms with Gasteiger partial charge in [0.05, 0.1) is 18.2 Å². The van der Waals surface area contributed by atoms with Gasteiger partial charge in [0.1, 0.15) is 24.1 Å². The third-order valence-electron chi connectivity index (χ3n) is 7.68. The second kappa shape index (κ2) is 19.0. The maximum atomic E-state index is 13.3. The van der Waals surface area contributed by atoms with Crippen molar-refractivity contribution in [2.24, 2.45) is 5.92 Å². The third-order valence-corrected chi connectivity index (χ3v) is 7.68. The van der Waals surface area contributed by atoms with Crippen LogP contribution in [-0.4, -0.2) is 89.6 Å². The van der Waals surface area contributed by atoms with Gasteiger partial charge in [0.25, 0.3) is 5.91 Å². The monoisotopic (exact) mass is 656 g/mol. The molecule has 1 aliphatic heterocycles. The molecule has 13 nitrogen and oxygen atoms in total. The molecular weight excluding hydrogens is 604 g/mol. The fourth-order valence-corrected chi connectivity index (χ4v) is 5.21. The van der Waals surface area contributed by atoms with E-state index in [9.17, 15) is 24.3 Å². The van der Waals surface area contributed by atoms with E-state index in [0.29, 0.717) is 62.6 Å². The van der Waals surface area contributed by atoms with Crippen LogP contribution in [0.25, 0.3) is 0 Å². The number of hydrogen-bond acceptors (Lipinski definition) is 9. The highest BCUT2D eigenvalue weighted by molar-refractivity contribution is 5.92. The number of carbonyl (C=O) groups excluding carboxylic acids is 4. The molecule has 13 heteroatoms. The summed E-state index contributed by atoms with van der Waals surface area (Å²) < 4.78 is 11.3. The second-order valence-corrected chi connectivity index (χ2v) is 12.9. The van der Waals surface area contributed by atoms with Crippen LogP contribution >= 0.6 is 0 Å². The van der Waals surface area contributed by atoms with E-state index < -0.39 is 30.0 Å². The molecule has 1 aromatic heterocycles. The minimum atomic E-state index is -1.18. The molecule has 0 aliphatic carbocycles. The minimum absolute atomic E-state index is 0.0186. The zero-order valence-electron chi connectivity index (χ0n) is 28.3. The third kappa shape index (κ3) is 13.3. The molecule has 47 heavy (non-hydrogen) atoms. The summed E-state index contributed by atoms with van der Waals surface area (Å²) in [6.07, 6.45) is 2.99. The van der Waals surface area contributed by atoms with Gasteiger partial charge in [-0.3, -0.25) is 24.1 Å². The molecule has 0 saturated carbocycles. The van der Waals surface area contributed by atoms with Crippen molar-refractivity contribution < 1.29 is 33.4 Å². The molecule has 4 amide bonds. The first-order valence-electron chi connectivity index (χ1n) is 16.6. The fraction of sp³-hybridized carbons (Fsp3) is 0.618. The highest BCUT2D eigenvalue weighted by atomic mass is 16.5. The number of amides is 4. The highest BCUT2D eigenvalue weighted by Gasteiger charge is 2.30. The largest absolute Gasteiger partial charge is 0.484 e. The number of aromatic nitrogens is 1. The lowest BCUT2D eigenvalue weighted by molar-refractivity contribution is -0.134. The lowest BCUT2D eigenvalue weighted by atomic mass is 10.0. The molecule has 0 radical (unpaired) electrons. The summed E-state index contributed by atoms with van der Waals surface area (Å²) in [5.41, 5.74) is 1.48. The smallest absolute Gasteiger partial charge is 0.257 e. The van der Waals surface area contributed by atoms with E-state index in [1.165, 1.54) is 6.92 Å². The lowest BCUT2D eigenvalue weighted by Gasteiger charge is -2.26. The summed E-state index contributed by atoms with van der Waals surface area (Å²) >= 11 is 0. The molecule has 0 unspecified atom stereocenters. The summed E-state index contributed by atoms with van der Waals surface area (Å²) in [5, 5.41) is 21.5. The van der Waals surface area contributed by atoms with Gasteiger partial charge in [-0.1, -0.05) is 39.8 Å². The average Bonchev–Trinajstić information content (AvgIpc) is 3.48. The van der Waals surface area contributed by atoms with E-state index in [1.807, 2.05) is 27.7 Å². The first kappa shape index (κ1) is 37.5. The van der Waals surface area contributed by atoms with Gasteiger partial charge in [0.2, 0.25) is 17.7 Å². The fourth-order valence-electron chi connectivity index (χ4n) is 5.21. The van der Waals surface area contributed by atoms with Crippen molar-refractivity contribution >= 4 is 23.6 Å². The zero-order chi connectivity index (χ0) is 34.3. The number of hydrogen-bond donors (Lipinski definition) is 5.